The summed E-state index contributed by atoms with van der Waals surface area (Å²) < 4.78 is 0. The largest absolute Gasteiger partial charge is 0.375 e. The smallest absolute Gasteiger partial charge is 0.0763 e. The van der Waals surface area contributed by atoms with Crippen molar-refractivity contribution in [2.75, 3.05) is 10.6 Å². The Morgan fingerprint density at radius 3 is 1.25 bits per heavy atom. The van der Waals surface area contributed by atoms with Crippen LogP contribution >= 0.6 is 0 Å². The molecular weight excluding hydrogens is 677 g/mol. The lowest BCUT2D eigenvalue weighted by atomic mass is 9.78. The molecule has 0 radical (unpaired) electrons. The van der Waals surface area contributed by atoms with E-state index in [-0.39, 0.29) is 23.9 Å². The molecule has 1 aliphatic carbocycles. The Morgan fingerprint density at radius 2 is 0.786 bits per heavy atom. The fraction of sp³-hybridized carbons (Fsp3) is 0.148. The highest BCUT2D eigenvalue weighted by molar-refractivity contribution is 5.93. The van der Waals surface area contributed by atoms with Gasteiger partial charge in [-0.05, 0) is 99.7 Å². The van der Waals surface area contributed by atoms with Crippen molar-refractivity contribution < 1.29 is 0 Å². The molecule has 0 spiro atoms. The molecule has 0 fully saturated rings. The summed E-state index contributed by atoms with van der Waals surface area (Å²) in [6.45, 7) is 8.95. The highest BCUT2D eigenvalue weighted by Gasteiger charge is 2.36. The van der Waals surface area contributed by atoms with Crippen LogP contribution in [0.3, 0.4) is 0 Å². The van der Waals surface area contributed by atoms with Crippen molar-refractivity contribution in [3.63, 3.8) is 0 Å². The number of hydrogen-bond donors (Lipinski definition) is 2. The molecule has 0 saturated heterocycles. The Kier molecular flexibility index (Phi) is 9.49. The molecular formula is C54H48N2. The number of nitrogens with one attached hydrogen (secondary N) is 2. The monoisotopic (exact) mass is 724 g/mol. The summed E-state index contributed by atoms with van der Waals surface area (Å²) in [4.78, 5) is 0. The van der Waals surface area contributed by atoms with Crippen LogP contribution in [-0.2, 0) is 0 Å². The van der Waals surface area contributed by atoms with Gasteiger partial charge in [-0.3, -0.25) is 0 Å². The number of benzene rings is 8. The highest BCUT2D eigenvalue weighted by Crippen LogP contribution is 2.50. The average molecular weight is 725 g/mol. The maximum atomic E-state index is 4.31. The van der Waals surface area contributed by atoms with Crippen LogP contribution < -0.4 is 10.6 Å². The lowest BCUT2D eigenvalue weighted by Crippen LogP contribution is -2.24. The third kappa shape index (κ3) is 6.56. The summed E-state index contributed by atoms with van der Waals surface area (Å²) in [7, 11) is 0. The van der Waals surface area contributed by atoms with E-state index in [1.54, 1.807) is 0 Å². The summed E-state index contributed by atoms with van der Waals surface area (Å²) in [6, 6.07) is 67.1. The van der Waals surface area contributed by atoms with Gasteiger partial charge in [-0.1, -0.05) is 188 Å². The maximum Gasteiger partial charge on any atom is 0.0763 e. The van der Waals surface area contributed by atoms with Crippen LogP contribution in [0.15, 0.2) is 182 Å². The van der Waals surface area contributed by atoms with Gasteiger partial charge in [0.2, 0.25) is 0 Å². The molecule has 274 valence electrons. The summed E-state index contributed by atoms with van der Waals surface area (Å²) >= 11 is 0. The fourth-order valence-corrected chi connectivity index (χ4v) is 9.46. The number of hydrogen-bond acceptors (Lipinski definition) is 2. The van der Waals surface area contributed by atoms with Gasteiger partial charge in [-0.2, -0.15) is 0 Å². The first kappa shape index (κ1) is 35.3. The quantitative estimate of drug-likeness (QED) is 0.137. The van der Waals surface area contributed by atoms with Crippen LogP contribution in [0.5, 0.6) is 0 Å². The van der Waals surface area contributed by atoms with Gasteiger partial charge in [-0.15, -0.1) is 0 Å². The van der Waals surface area contributed by atoms with Gasteiger partial charge in [0.05, 0.1) is 12.1 Å². The fourth-order valence-electron chi connectivity index (χ4n) is 9.46. The van der Waals surface area contributed by atoms with E-state index in [9.17, 15) is 0 Å². The third-order valence-corrected chi connectivity index (χ3v) is 11.8. The summed E-state index contributed by atoms with van der Waals surface area (Å²) in [6.07, 6.45) is 0. The minimum atomic E-state index is -0.0225. The SMILES string of the molecule is Cc1cc(C)c(NC2c3cccc4cccc(c34)C2Nc2c(C)cc(C(c3ccccc3)c3ccccc3)cc2C(c2ccccc2)c2ccccc2)c(C)c1. The van der Waals surface area contributed by atoms with Gasteiger partial charge in [0.25, 0.3) is 0 Å². The number of rotatable bonds is 10. The second kappa shape index (κ2) is 15.0. The normalized spacial score (nSPS) is 14.8. The zero-order valence-electron chi connectivity index (χ0n) is 32.6. The molecule has 2 N–H and O–H groups in total. The first-order chi connectivity index (χ1) is 27.4. The molecule has 56 heavy (non-hydrogen) atoms. The Bertz CT molecular complexity index is 2520. The average Bonchev–Trinajstić information content (AvgIpc) is 3.52. The number of anilines is 2. The molecule has 0 aromatic heterocycles. The second-order valence-corrected chi connectivity index (χ2v) is 15.6. The number of aryl methyl sites for hydroxylation is 4. The molecule has 0 bridgehead atoms. The molecule has 2 nitrogen and oxygen atoms in total. The predicted molar refractivity (Wildman–Crippen MR) is 236 cm³/mol. The molecule has 0 saturated carbocycles. The van der Waals surface area contributed by atoms with Gasteiger partial charge in [0, 0.05) is 23.2 Å². The standard InChI is InChI=1S/C54H48N2/c1-35-31-36(2)51(37(3)32-35)55-53-45-29-17-27-43-28-18-30-46(50(43)45)54(53)56-52-38(4)33-44(48(39-19-9-5-10-20-39)40-21-11-6-12-22-40)34-47(52)49(41-23-13-7-14-24-41)42-25-15-8-16-26-42/h5-34,48-49,53-56H,1-4H3. The van der Waals surface area contributed by atoms with Gasteiger partial charge in [0.15, 0.2) is 0 Å². The maximum absolute atomic E-state index is 4.31. The molecule has 8 aromatic rings. The zero-order valence-corrected chi connectivity index (χ0v) is 32.6. The van der Waals surface area contributed by atoms with Crippen molar-refractivity contribution in [1.29, 1.82) is 0 Å². The molecule has 1 aliphatic rings. The van der Waals surface area contributed by atoms with E-state index in [4.69, 9.17) is 0 Å². The Morgan fingerprint density at radius 1 is 0.375 bits per heavy atom. The van der Waals surface area contributed by atoms with Crippen molar-refractivity contribution in [3.8, 4) is 0 Å². The van der Waals surface area contributed by atoms with E-state index in [0.29, 0.717) is 0 Å². The van der Waals surface area contributed by atoms with Crippen molar-refractivity contribution >= 4 is 22.1 Å². The molecule has 2 heteroatoms. The van der Waals surface area contributed by atoms with Crippen molar-refractivity contribution in [2.45, 2.75) is 51.6 Å². The van der Waals surface area contributed by atoms with Gasteiger partial charge >= 0.3 is 0 Å². The van der Waals surface area contributed by atoms with Gasteiger partial charge in [-0.25, -0.2) is 0 Å². The second-order valence-electron chi connectivity index (χ2n) is 15.6. The van der Waals surface area contributed by atoms with E-state index in [2.05, 4.69) is 220 Å². The molecule has 2 unspecified atom stereocenters. The molecule has 2 atom stereocenters. The van der Waals surface area contributed by atoms with E-state index in [0.717, 1.165) is 0 Å². The Balaban J connectivity index is 1.27. The lowest BCUT2D eigenvalue weighted by Gasteiger charge is -2.32. The first-order valence-corrected chi connectivity index (χ1v) is 19.9. The van der Waals surface area contributed by atoms with E-state index in [1.807, 2.05) is 0 Å². The van der Waals surface area contributed by atoms with Crippen LogP contribution in [0.4, 0.5) is 11.4 Å². The predicted octanol–water partition coefficient (Wildman–Crippen LogP) is 13.8. The van der Waals surface area contributed by atoms with Gasteiger partial charge < -0.3 is 10.6 Å². The van der Waals surface area contributed by atoms with Crippen LogP contribution in [-0.4, -0.2) is 0 Å². The molecule has 0 heterocycles. The first-order valence-electron chi connectivity index (χ1n) is 19.9. The van der Waals surface area contributed by atoms with Crippen molar-refractivity contribution in [3.05, 3.63) is 249 Å². The third-order valence-electron chi connectivity index (χ3n) is 11.8. The van der Waals surface area contributed by atoms with Crippen LogP contribution in [0.2, 0.25) is 0 Å². The van der Waals surface area contributed by atoms with E-state index in [1.165, 1.54) is 88.9 Å². The van der Waals surface area contributed by atoms with E-state index < -0.39 is 0 Å². The van der Waals surface area contributed by atoms with Gasteiger partial charge in [0.1, 0.15) is 0 Å². The summed E-state index contributed by atoms with van der Waals surface area (Å²) in [5.74, 6) is 0.0702. The summed E-state index contributed by atoms with van der Waals surface area (Å²) in [5, 5.41) is 11.1. The minimum Gasteiger partial charge on any atom is -0.375 e. The van der Waals surface area contributed by atoms with Crippen LogP contribution in [0.1, 0.15) is 90.7 Å². The molecule has 8 aromatic carbocycles. The Labute approximate surface area is 331 Å². The van der Waals surface area contributed by atoms with E-state index >= 15 is 0 Å². The van der Waals surface area contributed by atoms with Crippen LogP contribution in [0, 0.1) is 27.7 Å². The van der Waals surface area contributed by atoms with Crippen LogP contribution in [0.25, 0.3) is 10.8 Å². The minimum absolute atomic E-state index is 0.00156. The van der Waals surface area contributed by atoms with Crippen molar-refractivity contribution in [2.24, 2.45) is 0 Å². The molecule has 0 aliphatic heterocycles. The highest BCUT2D eigenvalue weighted by atomic mass is 15.0. The van der Waals surface area contributed by atoms with Crippen molar-refractivity contribution in [1.82, 2.24) is 0 Å². The Hall–Kier alpha value is -6.38. The zero-order chi connectivity index (χ0) is 38.2. The topological polar surface area (TPSA) is 24.1 Å². The summed E-state index contributed by atoms with van der Waals surface area (Å²) in [5.41, 5.74) is 17.8. The lowest BCUT2D eigenvalue weighted by molar-refractivity contribution is 0.678. The molecule has 0 amide bonds. The molecule has 9 rings (SSSR count).